The molecule has 0 radical (unpaired) electrons. The van der Waals surface area contributed by atoms with Crippen molar-refractivity contribution in [3.63, 3.8) is 0 Å². The number of benzene rings is 1. The summed E-state index contributed by atoms with van der Waals surface area (Å²) in [5.41, 5.74) is 7.59. The number of para-hydroxylation sites is 1. The van der Waals surface area contributed by atoms with Crippen molar-refractivity contribution < 1.29 is 0 Å². The lowest BCUT2D eigenvalue weighted by molar-refractivity contribution is 0.685. The van der Waals surface area contributed by atoms with Crippen molar-refractivity contribution in [2.24, 2.45) is 7.05 Å². The lowest BCUT2D eigenvalue weighted by Crippen LogP contribution is -1.96. The summed E-state index contributed by atoms with van der Waals surface area (Å²) in [7, 11) is 1.86. The molecule has 0 aliphatic carbocycles. The van der Waals surface area contributed by atoms with Gasteiger partial charge in [-0.05, 0) is 17.8 Å². The Hall–Kier alpha value is -2.08. The Balaban J connectivity index is 2.16. The highest BCUT2D eigenvalue weighted by Gasteiger charge is 2.11. The van der Waals surface area contributed by atoms with Crippen molar-refractivity contribution >= 4 is 28.4 Å². The third-order valence-corrected chi connectivity index (χ3v) is 3.83. The Morgan fingerprint density at radius 1 is 1.22 bits per heavy atom. The van der Waals surface area contributed by atoms with Crippen LogP contribution in [0.5, 0.6) is 0 Å². The number of rotatable bonds is 2. The normalized spacial score (nSPS) is 10.9. The predicted octanol–water partition coefficient (Wildman–Crippen LogP) is 2.10. The fourth-order valence-corrected chi connectivity index (χ4v) is 2.63. The van der Waals surface area contributed by atoms with Crippen molar-refractivity contribution in [3.05, 3.63) is 36.8 Å². The number of aryl methyl sites for hydroxylation is 1. The van der Waals surface area contributed by atoms with Gasteiger partial charge in [0.1, 0.15) is 6.33 Å². The molecule has 2 N–H and O–H groups in total. The number of nitrogens with two attached hydrogens (primary N) is 1. The molecule has 18 heavy (non-hydrogen) atoms. The monoisotopic (exact) mass is 257 g/mol. The van der Waals surface area contributed by atoms with Crippen LogP contribution in [-0.4, -0.2) is 19.7 Å². The van der Waals surface area contributed by atoms with Crippen molar-refractivity contribution in [1.82, 2.24) is 19.7 Å². The molecule has 2 aromatic heterocycles. The zero-order valence-corrected chi connectivity index (χ0v) is 10.6. The molecule has 2 heterocycles. The van der Waals surface area contributed by atoms with E-state index in [9.17, 15) is 0 Å². The van der Waals surface area contributed by atoms with E-state index in [0.717, 1.165) is 21.0 Å². The van der Waals surface area contributed by atoms with Crippen LogP contribution in [0.25, 0.3) is 10.9 Å². The Morgan fingerprint density at radius 3 is 2.83 bits per heavy atom. The van der Waals surface area contributed by atoms with E-state index in [4.69, 9.17) is 5.73 Å². The zero-order chi connectivity index (χ0) is 12.5. The average molecular weight is 257 g/mol. The summed E-state index contributed by atoms with van der Waals surface area (Å²) >= 11 is 1.50. The molecule has 1 aromatic carbocycles. The van der Waals surface area contributed by atoms with E-state index >= 15 is 0 Å². The number of pyridine rings is 1. The molecule has 90 valence electrons. The second-order valence-corrected chi connectivity index (χ2v) is 4.81. The lowest BCUT2D eigenvalue weighted by atomic mass is 10.2. The van der Waals surface area contributed by atoms with Gasteiger partial charge < -0.3 is 5.73 Å². The summed E-state index contributed by atoms with van der Waals surface area (Å²) in [4.78, 5) is 9.48. The smallest absolute Gasteiger partial charge is 0.190 e. The molecule has 0 saturated carbocycles. The summed E-state index contributed by atoms with van der Waals surface area (Å²) in [5.74, 6) is 0. The van der Waals surface area contributed by atoms with Gasteiger partial charge >= 0.3 is 0 Å². The molecule has 6 heteroatoms. The van der Waals surface area contributed by atoms with Gasteiger partial charge in [-0.2, -0.15) is 5.10 Å². The first-order valence-electron chi connectivity index (χ1n) is 5.41. The Labute approximate surface area is 108 Å². The zero-order valence-electron chi connectivity index (χ0n) is 9.74. The molecular formula is C12H11N5S. The van der Waals surface area contributed by atoms with Gasteiger partial charge in [-0.15, -0.1) is 0 Å². The summed E-state index contributed by atoms with van der Waals surface area (Å²) in [6, 6.07) is 7.92. The largest absolute Gasteiger partial charge is 0.397 e. The molecule has 5 nitrogen and oxygen atoms in total. The van der Waals surface area contributed by atoms with Gasteiger partial charge in [-0.25, -0.2) is 9.67 Å². The summed E-state index contributed by atoms with van der Waals surface area (Å²) in [5, 5.41) is 5.89. The fraction of sp³-hybridized carbons (Fsp3) is 0.0833. The summed E-state index contributed by atoms with van der Waals surface area (Å²) in [6.45, 7) is 0. The van der Waals surface area contributed by atoms with Crippen LogP contribution in [0.4, 0.5) is 5.69 Å². The number of aromatic nitrogens is 4. The van der Waals surface area contributed by atoms with Crippen molar-refractivity contribution in [3.8, 4) is 0 Å². The average Bonchev–Trinajstić information content (AvgIpc) is 2.79. The van der Waals surface area contributed by atoms with Crippen molar-refractivity contribution in [2.75, 3.05) is 5.73 Å². The highest BCUT2D eigenvalue weighted by atomic mass is 32.2. The Kier molecular flexibility index (Phi) is 2.64. The second kappa shape index (κ2) is 4.30. The molecule has 0 atom stereocenters. The topological polar surface area (TPSA) is 69.6 Å². The van der Waals surface area contributed by atoms with Crippen LogP contribution in [-0.2, 0) is 7.05 Å². The lowest BCUT2D eigenvalue weighted by Gasteiger charge is -2.08. The maximum atomic E-state index is 6.01. The van der Waals surface area contributed by atoms with Crippen molar-refractivity contribution in [2.45, 2.75) is 10.1 Å². The van der Waals surface area contributed by atoms with Gasteiger partial charge in [-0.3, -0.25) is 4.98 Å². The van der Waals surface area contributed by atoms with Gasteiger partial charge in [0.25, 0.3) is 0 Å². The minimum absolute atomic E-state index is 0.654. The Morgan fingerprint density at radius 2 is 2.06 bits per heavy atom. The quantitative estimate of drug-likeness (QED) is 0.761. The van der Waals surface area contributed by atoms with Crippen LogP contribution in [0, 0.1) is 0 Å². The molecule has 0 aliphatic rings. The number of hydrogen-bond donors (Lipinski definition) is 1. The van der Waals surface area contributed by atoms with E-state index in [1.54, 1.807) is 10.9 Å². The first-order chi connectivity index (χ1) is 8.75. The molecular weight excluding hydrogens is 246 g/mol. The van der Waals surface area contributed by atoms with Crippen LogP contribution < -0.4 is 5.73 Å². The highest BCUT2D eigenvalue weighted by Crippen LogP contribution is 2.35. The van der Waals surface area contributed by atoms with E-state index in [1.165, 1.54) is 18.1 Å². The molecule has 0 saturated heterocycles. The van der Waals surface area contributed by atoms with E-state index in [-0.39, 0.29) is 0 Å². The van der Waals surface area contributed by atoms with Crippen LogP contribution in [0.15, 0.2) is 46.8 Å². The number of nitrogens with zero attached hydrogens (tertiary/aromatic N) is 4. The van der Waals surface area contributed by atoms with Gasteiger partial charge in [0.2, 0.25) is 0 Å². The van der Waals surface area contributed by atoms with Crippen molar-refractivity contribution in [1.29, 1.82) is 0 Å². The minimum atomic E-state index is 0.654. The van der Waals surface area contributed by atoms with Gasteiger partial charge in [0.15, 0.2) is 5.16 Å². The SMILES string of the molecule is Cn1ncnc1Sc1c(N)cnc2ccccc12. The molecule has 0 unspecified atom stereocenters. The molecule has 0 fully saturated rings. The van der Waals surface area contributed by atoms with Crippen LogP contribution in [0.1, 0.15) is 0 Å². The Bertz CT molecular complexity index is 707. The molecule has 0 bridgehead atoms. The predicted molar refractivity (Wildman–Crippen MR) is 71.3 cm³/mol. The maximum Gasteiger partial charge on any atom is 0.190 e. The number of anilines is 1. The van der Waals surface area contributed by atoms with Gasteiger partial charge in [-0.1, -0.05) is 18.2 Å². The van der Waals surface area contributed by atoms with Gasteiger partial charge in [0.05, 0.1) is 17.4 Å². The molecule has 0 spiro atoms. The van der Waals surface area contributed by atoms with E-state index in [2.05, 4.69) is 15.1 Å². The second-order valence-electron chi connectivity index (χ2n) is 3.83. The standard InChI is InChI=1S/C12H11N5S/c1-17-12(15-7-16-17)18-11-8-4-2-3-5-10(8)14-6-9(11)13/h2-7H,13H2,1H3. The molecule has 0 amide bonds. The van der Waals surface area contributed by atoms with E-state index in [1.807, 2.05) is 31.3 Å². The highest BCUT2D eigenvalue weighted by molar-refractivity contribution is 7.99. The first kappa shape index (κ1) is 11.0. The number of fused-ring (bicyclic) bond motifs is 1. The van der Waals surface area contributed by atoms with E-state index in [0.29, 0.717) is 5.69 Å². The minimum Gasteiger partial charge on any atom is -0.397 e. The third kappa shape index (κ3) is 1.80. The summed E-state index contributed by atoms with van der Waals surface area (Å²) in [6.07, 6.45) is 3.21. The van der Waals surface area contributed by atoms with E-state index < -0.39 is 0 Å². The van der Waals surface area contributed by atoms with Gasteiger partial charge in [0, 0.05) is 17.3 Å². The first-order valence-corrected chi connectivity index (χ1v) is 6.22. The number of hydrogen-bond acceptors (Lipinski definition) is 5. The molecule has 3 rings (SSSR count). The van der Waals surface area contributed by atoms with Crippen LogP contribution >= 0.6 is 11.8 Å². The fourth-order valence-electron chi connectivity index (χ4n) is 1.71. The maximum absolute atomic E-state index is 6.01. The van der Waals surface area contributed by atoms with Crippen LogP contribution in [0.2, 0.25) is 0 Å². The third-order valence-electron chi connectivity index (χ3n) is 2.62. The molecule has 3 aromatic rings. The van der Waals surface area contributed by atoms with Crippen LogP contribution in [0.3, 0.4) is 0 Å². The number of nitrogen functional groups attached to an aromatic ring is 1. The molecule has 0 aliphatic heterocycles. The summed E-state index contributed by atoms with van der Waals surface area (Å²) < 4.78 is 1.72.